The molecule has 9 N–H and O–H groups in total. The molecule has 13 heteroatoms. The molecule has 3 rings (SSSR count). The fourth-order valence-corrected chi connectivity index (χ4v) is 3.23. The maximum atomic E-state index is 10.8. The van der Waals surface area contributed by atoms with E-state index in [0.717, 1.165) is 0 Å². The summed E-state index contributed by atoms with van der Waals surface area (Å²) in [5.74, 6) is -1.99. The van der Waals surface area contributed by atoms with Crippen molar-refractivity contribution in [3.8, 4) is 0 Å². The number of aliphatic imine (C=N–C) groups is 2. The molecule has 0 aromatic carbocycles. The first-order chi connectivity index (χ1) is 9.78. The molecule has 1 saturated heterocycles. The van der Waals surface area contributed by atoms with Crippen molar-refractivity contribution in [2.24, 2.45) is 27.2 Å². The summed E-state index contributed by atoms with van der Waals surface area (Å²) in [6, 6.07) is -1.50. The molecule has 11 nitrogen and oxygen atoms in total. The van der Waals surface area contributed by atoms with Crippen LogP contribution in [0.4, 0.5) is 4.79 Å². The number of carbonyl (C=O) groups is 1. The lowest BCUT2D eigenvalue weighted by molar-refractivity contribution is -0.221. The Kier molecular flexibility index (Phi) is 5.11. The number of carbonyl (C=O) groups excluding carboxylic acids is 1. The second-order valence-electron chi connectivity index (χ2n) is 5.25. The lowest BCUT2D eigenvalue weighted by Crippen LogP contribution is -2.76. The van der Waals surface area contributed by atoms with Crippen LogP contribution >= 0.6 is 24.8 Å². The molecule has 3 aliphatic heterocycles. The van der Waals surface area contributed by atoms with Gasteiger partial charge in [0.2, 0.25) is 5.79 Å². The van der Waals surface area contributed by atoms with E-state index in [9.17, 15) is 15.0 Å². The van der Waals surface area contributed by atoms with Crippen molar-refractivity contribution in [1.82, 2.24) is 10.2 Å². The quantitative estimate of drug-likeness (QED) is 0.277. The molecule has 0 saturated carbocycles. The van der Waals surface area contributed by atoms with Gasteiger partial charge >= 0.3 is 6.09 Å². The van der Waals surface area contributed by atoms with E-state index in [4.69, 9.17) is 21.9 Å². The fraction of sp³-hybridized carbons (Fsp3) is 0.700. The minimum Gasteiger partial charge on any atom is -0.447 e. The number of halogens is 2. The molecule has 3 unspecified atom stereocenters. The molecule has 1 spiro atoms. The maximum Gasteiger partial charge on any atom is 0.404 e. The number of nitrogens with one attached hydrogen (secondary N) is 1. The van der Waals surface area contributed by atoms with E-state index in [1.165, 1.54) is 4.90 Å². The van der Waals surface area contributed by atoms with Gasteiger partial charge in [0.15, 0.2) is 17.6 Å². The third-order valence-electron chi connectivity index (χ3n) is 4.08. The zero-order chi connectivity index (χ0) is 15.4. The molecule has 132 valence electrons. The summed E-state index contributed by atoms with van der Waals surface area (Å²) >= 11 is 0. The molecular formula is C10H19Cl2N7O4. The Labute approximate surface area is 143 Å². The topological polar surface area (TPSA) is 185 Å². The van der Waals surface area contributed by atoms with E-state index in [1.807, 2.05) is 0 Å². The fourth-order valence-electron chi connectivity index (χ4n) is 3.23. The Bertz CT molecular complexity index is 557. The van der Waals surface area contributed by atoms with E-state index in [2.05, 4.69) is 15.3 Å². The van der Waals surface area contributed by atoms with Crippen LogP contribution < -0.4 is 22.5 Å². The summed E-state index contributed by atoms with van der Waals surface area (Å²) in [5.41, 5.74) is 15.1. The van der Waals surface area contributed by atoms with Gasteiger partial charge in [0.25, 0.3) is 0 Å². The van der Waals surface area contributed by atoms with E-state index in [-0.39, 0.29) is 56.3 Å². The second kappa shape index (κ2) is 6.07. The Morgan fingerprint density at radius 3 is 2.65 bits per heavy atom. The number of aliphatic hydroxyl groups is 2. The number of amides is 1. The third kappa shape index (κ3) is 2.59. The van der Waals surface area contributed by atoms with Crippen LogP contribution in [-0.2, 0) is 4.74 Å². The average Bonchev–Trinajstić information content (AvgIpc) is 2.85. The second-order valence-corrected chi connectivity index (χ2v) is 5.25. The van der Waals surface area contributed by atoms with E-state index in [1.54, 1.807) is 0 Å². The van der Waals surface area contributed by atoms with E-state index >= 15 is 0 Å². The Morgan fingerprint density at radius 1 is 1.39 bits per heavy atom. The smallest absolute Gasteiger partial charge is 0.404 e. The van der Waals surface area contributed by atoms with E-state index < -0.39 is 29.6 Å². The molecule has 1 amide bonds. The monoisotopic (exact) mass is 371 g/mol. The molecule has 0 aliphatic carbocycles. The van der Waals surface area contributed by atoms with Gasteiger partial charge in [-0.1, -0.05) is 0 Å². The number of ether oxygens (including phenoxy) is 1. The Balaban J connectivity index is 0.00000132. The molecular weight excluding hydrogens is 353 g/mol. The number of hydrogen-bond donors (Lipinski definition) is 6. The molecule has 3 heterocycles. The first kappa shape index (κ1) is 19.4. The van der Waals surface area contributed by atoms with Gasteiger partial charge in [-0.05, 0) is 0 Å². The standard InChI is InChI=1S/C10H17N7O4.2ClH/c11-6-15-5-4(3-21-8(13)18)14-7(12)17-2-1-9(19,20)10(5,17)16-6;;/h4-5,19-20H,1-3H2,(H2,12,14)(H2,13,18)(H3,11,15,16);2*1H. The van der Waals surface area contributed by atoms with Gasteiger partial charge in [-0.3, -0.25) is 0 Å². The highest BCUT2D eigenvalue weighted by atomic mass is 35.5. The summed E-state index contributed by atoms with van der Waals surface area (Å²) in [5, 5.41) is 23.5. The van der Waals surface area contributed by atoms with Crippen molar-refractivity contribution in [2.45, 2.75) is 30.0 Å². The van der Waals surface area contributed by atoms with Crippen molar-refractivity contribution in [3.05, 3.63) is 0 Å². The highest BCUT2D eigenvalue weighted by molar-refractivity contribution is 5.87. The molecule has 0 aromatic rings. The van der Waals surface area contributed by atoms with Crippen LogP contribution in [0.25, 0.3) is 0 Å². The lowest BCUT2D eigenvalue weighted by Gasteiger charge is -2.48. The molecule has 0 radical (unpaired) electrons. The van der Waals surface area contributed by atoms with Gasteiger partial charge in [-0.2, -0.15) is 0 Å². The maximum absolute atomic E-state index is 10.8. The predicted molar refractivity (Wildman–Crippen MR) is 85.2 cm³/mol. The minimum absolute atomic E-state index is 0. The summed E-state index contributed by atoms with van der Waals surface area (Å²) in [7, 11) is 0. The van der Waals surface area contributed by atoms with Crippen molar-refractivity contribution < 1.29 is 19.7 Å². The molecule has 1 fully saturated rings. The highest BCUT2D eigenvalue weighted by Gasteiger charge is 2.69. The van der Waals surface area contributed by atoms with Crippen LogP contribution in [0.15, 0.2) is 9.98 Å². The third-order valence-corrected chi connectivity index (χ3v) is 4.08. The Morgan fingerprint density at radius 2 is 2.04 bits per heavy atom. The number of rotatable bonds is 2. The average molecular weight is 372 g/mol. The first-order valence-electron chi connectivity index (χ1n) is 6.37. The highest BCUT2D eigenvalue weighted by Crippen LogP contribution is 2.44. The summed E-state index contributed by atoms with van der Waals surface area (Å²) in [4.78, 5) is 20.6. The van der Waals surface area contributed by atoms with Gasteiger partial charge in [-0.25, -0.2) is 14.8 Å². The predicted octanol–water partition coefficient (Wildman–Crippen LogP) is -3.01. The number of hydrogen-bond acceptors (Lipinski definition) is 10. The van der Waals surface area contributed by atoms with Gasteiger partial charge in [0, 0.05) is 13.0 Å². The van der Waals surface area contributed by atoms with Crippen LogP contribution in [0.5, 0.6) is 0 Å². The largest absolute Gasteiger partial charge is 0.447 e. The lowest BCUT2D eigenvalue weighted by atomic mass is 9.87. The van der Waals surface area contributed by atoms with Crippen LogP contribution in [0.3, 0.4) is 0 Å². The van der Waals surface area contributed by atoms with Crippen molar-refractivity contribution in [2.75, 3.05) is 13.2 Å². The van der Waals surface area contributed by atoms with Crippen molar-refractivity contribution >= 4 is 42.8 Å². The number of nitrogens with zero attached hydrogens (tertiary/aromatic N) is 3. The number of primary amides is 1. The molecule has 23 heavy (non-hydrogen) atoms. The molecule has 3 atom stereocenters. The van der Waals surface area contributed by atoms with Crippen LogP contribution in [0.2, 0.25) is 0 Å². The number of guanidine groups is 2. The summed E-state index contributed by atoms with van der Waals surface area (Å²) < 4.78 is 4.74. The van der Waals surface area contributed by atoms with Gasteiger partial charge < -0.3 is 42.4 Å². The zero-order valence-corrected chi connectivity index (χ0v) is 13.5. The summed E-state index contributed by atoms with van der Waals surface area (Å²) in [6.45, 7) is 0.0862. The Hall–Kier alpha value is -1.69. The summed E-state index contributed by atoms with van der Waals surface area (Å²) in [6.07, 6.45) is -0.923. The molecule has 0 aromatic heterocycles. The molecule has 3 aliphatic rings. The van der Waals surface area contributed by atoms with Crippen LogP contribution in [0, 0.1) is 0 Å². The van der Waals surface area contributed by atoms with Gasteiger partial charge in [0.05, 0.1) is 0 Å². The van der Waals surface area contributed by atoms with Crippen LogP contribution in [-0.4, -0.2) is 69.8 Å². The van der Waals surface area contributed by atoms with Gasteiger partial charge in [0.1, 0.15) is 18.7 Å². The SMILES string of the molecule is Cl.Cl.NC(=O)OCC1N=C(N)N2CCC(O)(O)C23NC(N)=NC13. The van der Waals surface area contributed by atoms with Crippen LogP contribution in [0.1, 0.15) is 6.42 Å². The molecule has 0 bridgehead atoms. The first-order valence-corrected chi connectivity index (χ1v) is 6.37. The minimum atomic E-state index is -2.12. The zero-order valence-electron chi connectivity index (χ0n) is 11.9. The van der Waals surface area contributed by atoms with E-state index in [0.29, 0.717) is 0 Å². The number of nitrogens with two attached hydrogens (primary N) is 3. The van der Waals surface area contributed by atoms with Crippen molar-refractivity contribution in [3.63, 3.8) is 0 Å². The normalized spacial score (nSPS) is 33.0. The van der Waals surface area contributed by atoms with Crippen molar-refractivity contribution in [1.29, 1.82) is 0 Å². The van der Waals surface area contributed by atoms with Gasteiger partial charge in [-0.15, -0.1) is 24.8 Å².